The van der Waals surface area contributed by atoms with Crippen LogP contribution in [0.1, 0.15) is 12.0 Å². The smallest absolute Gasteiger partial charge is 0.244 e. The summed E-state index contributed by atoms with van der Waals surface area (Å²) < 4.78 is 22.5. The number of phenols is 2. The van der Waals surface area contributed by atoms with Gasteiger partial charge in [-0.05, 0) is 18.6 Å². The molecule has 0 aromatic heterocycles. The van der Waals surface area contributed by atoms with E-state index in [2.05, 4.69) is 10.5 Å². The molecule has 1 aliphatic heterocycles. The number of carbonyl (C=O) groups is 1. The van der Waals surface area contributed by atoms with Gasteiger partial charge in [0, 0.05) is 11.6 Å². The highest BCUT2D eigenvalue weighted by molar-refractivity contribution is 7.91. The van der Waals surface area contributed by atoms with Gasteiger partial charge in [-0.25, -0.2) is 13.8 Å². The fourth-order valence-electron chi connectivity index (χ4n) is 1.90. The van der Waals surface area contributed by atoms with Crippen molar-refractivity contribution in [2.24, 2.45) is 11.0 Å². The maximum absolute atomic E-state index is 11.7. The van der Waals surface area contributed by atoms with Crippen molar-refractivity contribution in [1.82, 2.24) is 5.43 Å². The molecule has 1 saturated heterocycles. The molecule has 1 fully saturated rings. The van der Waals surface area contributed by atoms with E-state index >= 15 is 0 Å². The Morgan fingerprint density at radius 2 is 2.15 bits per heavy atom. The van der Waals surface area contributed by atoms with Crippen molar-refractivity contribution < 1.29 is 23.4 Å². The van der Waals surface area contributed by atoms with Crippen LogP contribution in [0.15, 0.2) is 23.3 Å². The summed E-state index contributed by atoms with van der Waals surface area (Å²) in [7, 11) is -3.11. The van der Waals surface area contributed by atoms with Crippen molar-refractivity contribution >= 4 is 22.0 Å². The van der Waals surface area contributed by atoms with E-state index in [-0.39, 0.29) is 23.0 Å². The molecule has 1 aromatic carbocycles. The molecule has 1 atom stereocenters. The summed E-state index contributed by atoms with van der Waals surface area (Å²) in [6.45, 7) is 0. The van der Waals surface area contributed by atoms with E-state index < -0.39 is 21.7 Å². The first-order valence-corrected chi connectivity index (χ1v) is 7.75. The zero-order chi connectivity index (χ0) is 14.8. The van der Waals surface area contributed by atoms with Crippen LogP contribution in [0.5, 0.6) is 11.5 Å². The molecule has 108 valence electrons. The maximum atomic E-state index is 11.7. The molecule has 0 saturated carbocycles. The summed E-state index contributed by atoms with van der Waals surface area (Å²) in [4.78, 5) is 11.7. The first kappa shape index (κ1) is 14.3. The highest BCUT2D eigenvalue weighted by Gasteiger charge is 2.32. The molecule has 0 unspecified atom stereocenters. The average molecular weight is 298 g/mol. The number of hydrazone groups is 1. The summed E-state index contributed by atoms with van der Waals surface area (Å²) in [5.41, 5.74) is 2.57. The first-order chi connectivity index (χ1) is 9.37. The molecule has 1 aliphatic rings. The molecule has 8 heteroatoms. The van der Waals surface area contributed by atoms with Gasteiger partial charge >= 0.3 is 0 Å². The van der Waals surface area contributed by atoms with E-state index in [9.17, 15) is 18.3 Å². The SMILES string of the molecule is O=C(N/N=C/c1ccc(O)cc1O)[C@H]1CCS(=O)(=O)C1. The molecule has 0 aliphatic carbocycles. The Kier molecular flexibility index (Phi) is 3.93. The fourth-order valence-corrected chi connectivity index (χ4v) is 3.64. The summed E-state index contributed by atoms with van der Waals surface area (Å²) in [5, 5.41) is 22.3. The molecule has 1 amide bonds. The third kappa shape index (κ3) is 3.47. The molecule has 1 heterocycles. The van der Waals surface area contributed by atoms with Gasteiger partial charge in [0.05, 0.1) is 23.6 Å². The molecule has 1 aromatic rings. The number of rotatable bonds is 3. The molecule has 20 heavy (non-hydrogen) atoms. The lowest BCUT2D eigenvalue weighted by atomic mass is 10.1. The van der Waals surface area contributed by atoms with Gasteiger partial charge in [-0.3, -0.25) is 4.79 Å². The number of nitrogens with zero attached hydrogens (tertiary/aromatic N) is 1. The molecule has 2 rings (SSSR count). The summed E-state index contributed by atoms with van der Waals surface area (Å²) in [6, 6.07) is 3.94. The van der Waals surface area contributed by atoms with Crippen molar-refractivity contribution in [2.75, 3.05) is 11.5 Å². The van der Waals surface area contributed by atoms with E-state index in [4.69, 9.17) is 5.11 Å². The Labute approximate surface area is 115 Å². The van der Waals surface area contributed by atoms with Gasteiger partial charge in [0.2, 0.25) is 5.91 Å². The Bertz CT molecular complexity index is 654. The van der Waals surface area contributed by atoms with Gasteiger partial charge < -0.3 is 10.2 Å². The van der Waals surface area contributed by atoms with Crippen LogP contribution in [0.4, 0.5) is 0 Å². The fraction of sp³-hybridized carbons (Fsp3) is 0.333. The average Bonchev–Trinajstić information content (AvgIpc) is 2.72. The van der Waals surface area contributed by atoms with Crippen molar-refractivity contribution in [1.29, 1.82) is 0 Å². The number of nitrogens with one attached hydrogen (secondary N) is 1. The predicted molar refractivity (Wildman–Crippen MR) is 72.3 cm³/mol. The summed E-state index contributed by atoms with van der Waals surface area (Å²) in [6.07, 6.45) is 1.52. The van der Waals surface area contributed by atoms with E-state index in [1.807, 2.05) is 0 Å². The van der Waals surface area contributed by atoms with Gasteiger partial charge in [0.15, 0.2) is 9.84 Å². The minimum atomic E-state index is -3.11. The van der Waals surface area contributed by atoms with Crippen LogP contribution < -0.4 is 5.43 Å². The molecule has 7 nitrogen and oxygen atoms in total. The Hall–Kier alpha value is -2.09. The van der Waals surface area contributed by atoms with Crippen LogP contribution in [0, 0.1) is 5.92 Å². The minimum Gasteiger partial charge on any atom is -0.508 e. The zero-order valence-corrected chi connectivity index (χ0v) is 11.3. The second-order valence-electron chi connectivity index (χ2n) is 4.58. The summed E-state index contributed by atoms with van der Waals surface area (Å²) in [5.74, 6) is -1.43. The Balaban J connectivity index is 1.95. The number of sulfone groups is 1. The van der Waals surface area contributed by atoms with Gasteiger partial charge in [-0.15, -0.1) is 0 Å². The number of hydrogen-bond donors (Lipinski definition) is 3. The van der Waals surface area contributed by atoms with Crippen molar-refractivity contribution in [3.8, 4) is 11.5 Å². The number of carbonyl (C=O) groups excluding carboxylic acids is 1. The van der Waals surface area contributed by atoms with Crippen LogP contribution in [0.3, 0.4) is 0 Å². The number of aromatic hydroxyl groups is 2. The summed E-state index contributed by atoms with van der Waals surface area (Å²) >= 11 is 0. The third-order valence-electron chi connectivity index (χ3n) is 3.00. The number of amides is 1. The second kappa shape index (κ2) is 5.49. The monoisotopic (exact) mass is 298 g/mol. The highest BCUT2D eigenvalue weighted by Crippen LogP contribution is 2.21. The lowest BCUT2D eigenvalue weighted by molar-refractivity contribution is -0.124. The van der Waals surface area contributed by atoms with Gasteiger partial charge in [-0.1, -0.05) is 0 Å². The van der Waals surface area contributed by atoms with Crippen LogP contribution in [-0.4, -0.2) is 42.3 Å². The number of benzene rings is 1. The molecule has 0 bridgehead atoms. The standard InChI is InChI=1S/C12H14N2O5S/c15-10-2-1-8(11(16)5-10)6-13-14-12(17)9-3-4-20(18,19)7-9/h1-2,5-6,9,15-16H,3-4,7H2,(H,14,17)/b13-6+/t9-/m0/s1. The van der Waals surface area contributed by atoms with Crippen LogP contribution in [0.25, 0.3) is 0 Å². The van der Waals surface area contributed by atoms with Crippen molar-refractivity contribution in [2.45, 2.75) is 6.42 Å². The van der Waals surface area contributed by atoms with E-state index in [1.54, 1.807) is 0 Å². The van der Waals surface area contributed by atoms with Crippen LogP contribution in [-0.2, 0) is 14.6 Å². The molecular formula is C12H14N2O5S. The first-order valence-electron chi connectivity index (χ1n) is 5.93. The molecular weight excluding hydrogens is 284 g/mol. The molecule has 0 radical (unpaired) electrons. The largest absolute Gasteiger partial charge is 0.508 e. The Morgan fingerprint density at radius 1 is 1.40 bits per heavy atom. The third-order valence-corrected chi connectivity index (χ3v) is 4.76. The lowest BCUT2D eigenvalue weighted by Gasteiger charge is -2.05. The maximum Gasteiger partial charge on any atom is 0.244 e. The van der Waals surface area contributed by atoms with Crippen LogP contribution >= 0.6 is 0 Å². The topological polar surface area (TPSA) is 116 Å². The molecule has 0 spiro atoms. The van der Waals surface area contributed by atoms with E-state index in [0.29, 0.717) is 12.0 Å². The normalized spacial score (nSPS) is 21.1. The quantitative estimate of drug-likeness (QED) is 0.536. The number of phenolic OH excluding ortho intramolecular Hbond substituents is 2. The van der Waals surface area contributed by atoms with Gasteiger partial charge in [0.1, 0.15) is 11.5 Å². The van der Waals surface area contributed by atoms with Crippen molar-refractivity contribution in [3.63, 3.8) is 0 Å². The van der Waals surface area contributed by atoms with Gasteiger partial charge in [-0.2, -0.15) is 5.10 Å². The minimum absolute atomic E-state index is 0.0214. The predicted octanol–water partition coefficient (Wildman–Crippen LogP) is -0.0174. The van der Waals surface area contributed by atoms with Crippen LogP contribution in [0.2, 0.25) is 0 Å². The van der Waals surface area contributed by atoms with E-state index in [1.165, 1.54) is 18.3 Å². The van der Waals surface area contributed by atoms with Gasteiger partial charge in [0.25, 0.3) is 0 Å². The molecule has 3 N–H and O–H groups in total. The highest BCUT2D eigenvalue weighted by atomic mass is 32.2. The zero-order valence-electron chi connectivity index (χ0n) is 10.5. The second-order valence-corrected chi connectivity index (χ2v) is 6.81. The van der Waals surface area contributed by atoms with Crippen molar-refractivity contribution in [3.05, 3.63) is 23.8 Å². The van der Waals surface area contributed by atoms with E-state index in [0.717, 1.165) is 6.07 Å². The number of hydrogen-bond acceptors (Lipinski definition) is 6. The lowest BCUT2D eigenvalue weighted by Crippen LogP contribution is -2.27. The Morgan fingerprint density at radius 3 is 2.75 bits per heavy atom.